The van der Waals surface area contributed by atoms with E-state index in [-0.39, 0.29) is 29.7 Å². The highest BCUT2D eigenvalue weighted by Crippen LogP contribution is 2.27. The lowest BCUT2D eigenvalue weighted by Gasteiger charge is -2.36. The molecule has 1 heterocycles. The van der Waals surface area contributed by atoms with Crippen LogP contribution < -0.4 is 5.32 Å². The minimum absolute atomic E-state index is 0.116. The van der Waals surface area contributed by atoms with Crippen molar-refractivity contribution in [3.63, 3.8) is 0 Å². The number of hydrogen-bond acceptors (Lipinski definition) is 5. The molecule has 0 amide bonds. The van der Waals surface area contributed by atoms with Crippen LogP contribution in [-0.4, -0.2) is 67.2 Å². The van der Waals surface area contributed by atoms with E-state index in [0.717, 1.165) is 25.8 Å². The van der Waals surface area contributed by atoms with Crippen LogP contribution in [0.25, 0.3) is 0 Å². The van der Waals surface area contributed by atoms with Crippen LogP contribution in [0, 0.1) is 0 Å². The highest BCUT2D eigenvalue weighted by molar-refractivity contribution is 7.91. The standard InChI is InChI=1S/C15H30N2O3S/c1-3-15(12-18,16-14-5-6-14)7-4-8-17-9-10-21(19,20)11-13(17)2/h13-14,16,18H,3-12H2,1-2H3. The van der Waals surface area contributed by atoms with Gasteiger partial charge in [-0.2, -0.15) is 0 Å². The summed E-state index contributed by atoms with van der Waals surface area (Å²) in [6.07, 6.45) is 5.33. The zero-order chi connectivity index (χ0) is 15.5. The third kappa shape index (κ3) is 4.91. The van der Waals surface area contributed by atoms with Gasteiger partial charge in [0.05, 0.1) is 18.1 Å². The molecule has 21 heavy (non-hydrogen) atoms. The van der Waals surface area contributed by atoms with E-state index in [1.165, 1.54) is 12.8 Å². The van der Waals surface area contributed by atoms with E-state index >= 15 is 0 Å². The monoisotopic (exact) mass is 318 g/mol. The molecule has 1 saturated carbocycles. The predicted molar refractivity (Wildman–Crippen MR) is 85.2 cm³/mol. The van der Waals surface area contributed by atoms with Crippen molar-refractivity contribution in [2.75, 3.05) is 31.2 Å². The van der Waals surface area contributed by atoms with Crippen molar-refractivity contribution in [1.82, 2.24) is 10.2 Å². The van der Waals surface area contributed by atoms with Gasteiger partial charge in [0.15, 0.2) is 9.84 Å². The van der Waals surface area contributed by atoms with Gasteiger partial charge in [0, 0.05) is 24.2 Å². The fourth-order valence-electron chi connectivity index (χ4n) is 3.23. The van der Waals surface area contributed by atoms with Crippen molar-refractivity contribution in [3.8, 4) is 0 Å². The summed E-state index contributed by atoms with van der Waals surface area (Å²) in [4.78, 5) is 2.27. The zero-order valence-corrected chi connectivity index (χ0v) is 14.2. The summed E-state index contributed by atoms with van der Waals surface area (Å²) in [6.45, 7) is 5.88. The molecular formula is C15H30N2O3S. The van der Waals surface area contributed by atoms with E-state index in [0.29, 0.717) is 12.6 Å². The Morgan fingerprint density at radius 2 is 2.10 bits per heavy atom. The summed E-state index contributed by atoms with van der Waals surface area (Å²) in [5.74, 6) is 0.572. The summed E-state index contributed by atoms with van der Waals surface area (Å²) in [6, 6.07) is 0.710. The van der Waals surface area contributed by atoms with E-state index in [9.17, 15) is 13.5 Å². The molecule has 1 aliphatic carbocycles. The Labute approximate surface area is 129 Å². The van der Waals surface area contributed by atoms with Crippen LogP contribution in [0.4, 0.5) is 0 Å². The Kier molecular flexibility index (Phi) is 5.68. The molecule has 2 atom stereocenters. The quantitative estimate of drug-likeness (QED) is 0.692. The summed E-state index contributed by atoms with van der Waals surface area (Å²) in [5, 5.41) is 13.4. The molecule has 0 bridgehead atoms. The fourth-order valence-corrected chi connectivity index (χ4v) is 4.86. The van der Waals surface area contributed by atoms with Crippen LogP contribution in [0.1, 0.15) is 46.0 Å². The number of sulfone groups is 1. The van der Waals surface area contributed by atoms with Crippen LogP contribution >= 0.6 is 0 Å². The van der Waals surface area contributed by atoms with Crippen LogP contribution in [0.3, 0.4) is 0 Å². The molecule has 2 fully saturated rings. The number of nitrogens with one attached hydrogen (secondary N) is 1. The molecule has 2 N–H and O–H groups in total. The summed E-state index contributed by atoms with van der Waals surface area (Å²) in [5.41, 5.74) is -0.147. The molecule has 2 rings (SSSR count). The lowest BCUT2D eigenvalue weighted by molar-refractivity contribution is 0.133. The van der Waals surface area contributed by atoms with Gasteiger partial charge in [0.25, 0.3) is 0 Å². The van der Waals surface area contributed by atoms with E-state index < -0.39 is 9.84 Å². The Bertz CT molecular complexity index is 430. The molecule has 124 valence electrons. The molecule has 6 heteroatoms. The van der Waals surface area contributed by atoms with Crippen molar-refractivity contribution < 1.29 is 13.5 Å². The molecule has 0 radical (unpaired) electrons. The summed E-state index contributed by atoms with van der Waals surface area (Å²) >= 11 is 0. The van der Waals surface area contributed by atoms with Crippen LogP contribution in [-0.2, 0) is 9.84 Å². The van der Waals surface area contributed by atoms with Crippen molar-refractivity contribution in [1.29, 1.82) is 0 Å². The maximum Gasteiger partial charge on any atom is 0.153 e. The van der Waals surface area contributed by atoms with Gasteiger partial charge in [-0.25, -0.2) is 8.42 Å². The molecule has 0 spiro atoms. The van der Waals surface area contributed by atoms with Gasteiger partial charge in [-0.3, -0.25) is 4.90 Å². The zero-order valence-electron chi connectivity index (χ0n) is 13.3. The van der Waals surface area contributed by atoms with Gasteiger partial charge in [-0.15, -0.1) is 0 Å². The Balaban J connectivity index is 1.79. The van der Waals surface area contributed by atoms with E-state index in [1.54, 1.807) is 0 Å². The molecule has 0 aromatic rings. The number of rotatable bonds is 8. The fraction of sp³-hybridized carbons (Fsp3) is 1.00. The first-order chi connectivity index (χ1) is 9.90. The predicted octanol–water partition coefficient (Wildman–Crippen LogP) is 0.779. The molecular weight excluding hydrogens is 288 g/mol. The van der Waals surface area contributed by atoms with Gasteiger partial charge in [0.2, 0.25) is 0 Å². The Morgan fingerprint density at radius 1 is 1.38 bits per heavy atom. The second-order valence-electron chi connectivity index (χ2n) is 6.81. The van der Waals surface area contributed by atoms with Gasteiger partial charge in [-0.05, 0) is 45.6 Å². The van der Waals surface area contributed by atoms with Gasteiger partial charge in [0.1, 0.15) is 0 Å². The van der Waals surface area contributed by atoms with Gasteiger partial charge in [-0.1, -0.05) is 6.92 Å². The highest BCUT2D eigenvalue weighted by Gasteiger charge is 2.34. The largest absolute Gasteiger partial charge is 0.394 e. The Hall–Kier alpha value is -0.170. The number of aliphatic hydroxyl groups is 1. The van der Waals surface area contributed by atoms with E-state index in [2.05, 4.69) is 17.1 Å². The topological polar surface area (TPSA) is 69.6 Å². The van der Waals surface area contributed by atoms with Crippen molar-refractivity contribution in [3.05, 3.63) is 0 Å². The SMILES string of the molecule is CCC(CO)(CCCN1CCS(=O)(=O)CC1C)NC1CC1. The molecule has 2 unspecified atom stereocenters. The highest BCUT2D eigenvalue weighted by atomic mass is 32.2. The number of hydrogen-bond donors (Lipinski definition) is 2. The number of nitrogens with zero attached hydrogens (tertiary/aromatic N) is 1. The molecule has 0 aromatic heterocycles. The lowest BCUT2D eigenvalue weighted by atomic mass is 9.90. The minimum Gasteiger partial charge on any atom is -0.394 e. The average molecular weight is 318 g/mol. The molecule has 0 aromatic carbocycles. The second kappa shape index (κ2) is 6.94. The Morgan fingerprint density at radius 3 is 2.62 bits per heavy atom. The minimum atomic E-state index is -2.83. The van der Waals surface area contributed by atoms with Gasteiger partial charge >= 0.3 is 0 Å². The van der Waals surface area contributed by atoms with Crippen molar-refractivity contribution >= 4 is 9.84 Å². The number of aliphatic hydroxyl groups excluding tert-OH is 1. The second-order valence-corrected chi connectivity index (χ2v) is 9.04. The normalized spacial score (nSPS) is 29.2. The third-order valence-electron chi connectivity index (χ3n) is 4.98. The van der Waals surface area contributed by atoms with Crippen LogP contribution in [0.2, 0.25) is 0 Å². The maximum atomic E-state index is 11.6. The van der Waals surface area contributed by atoms with E-state index in [4.69, 9.17) is 0 Å². The molecule has 5 nitrogen and oxygen atoms in total. The first-order valence-corrected chi connectivity index (χ1v) is 10.0. The molecule has 1 aliphatic heterocycles. The lowest BCUT2D eigenvalue weighted by Crippen LogP contribution is -2.51. The van der Waals surface area contributed by atoms with Crippen molar-refractivity contribution in [2.24, 2.45) is 0 Å². The van der Waals surface area contributed by atoms with E-state index in [1.807, 2.05) is 6.92 Å². The summed E-state index contributed by atoms with van der Waals surface area (Å²) in [7, 11) is -2.83. The molecule has 1 saturated heterocycles. The first-order valence-electron chi connectivity index (χ1n) is 8.23. The van der Waals surface area contributed by atoms with Crippen LogP contribution in [0.15, 0.2) is 0 Å². The molecule has 2 aliphatic rings. The summed E-state index contributed by atoms with van der Waals surface area (Å²) < 4.78 is 23.2. The maximum absolute atomic E-state index is 11.6. The van der Waals surface area contributed by atoms with Crippen molar-refractivity contribution in [2.45, 2.75) is 63.6 Å². The van der Waals surface area contributed by atoms with Gasteiger partial charge < -0.3 is 10.4 Å². The van der Waals surface area contributed by atoms with Crippen LogP contribution in [0.5, 0.6) is 0 Å². The first kappa shape index (κ1) is 17.2. The smallest absolute Gasteiger partial charge is 0.153 e. The third-order valence-corrected chi connectivity index (χ3v) is 6.77. The average Bonchev–Trinajstić information content (AvgIpc) is 3.23.